The van der Waals surface area contributed by atoms with Gasteiger partial charge < -0.3 is 10.6 Å². The number of guanidine groups is 1. The van der Waals surface area contributed by atoms with Crippen LogP contribution in [-0.4, -0.2) is 56.7 Å². The van der Waals surface area contributed by atoms with E-state index in [1.54, 1.807) is 18.3 Å². The lowest BCUT2D eigenvalue weighted by Gasteiger charge is -2.32. The van der Waals surface area contributed by atoms with Crippen LogP contribution in [0, 0.1) is 6.92 Å². The fourth-order valence-electron chi connectivity index (χ4n) is 3.70. The number of benzene rings is 1. The van der Waals surface area contributed by atoms with Crippen molar-refractivity contribution in [1.82, 2.24) is 14.9 Å². The highest BCUT2D eigenvalue weighted by atomic mass is 32.2. The van der Waals surface area contributed by atoms with Crippen LogP contribution in [-0.2, 0) is 10.0 Å². The molecule has 1 aliphatic heterocycles. The van der Waals surface area contributed by atoms with Crippen LogP contribution in [0.25, 0.3) is 0 Å². The van der Waals surface area contributed by atoms with Gasteiger partial charge in [0.15, 0.2) is 5.96 Å². The minimum atomic E-state index is -3.07. The zero-order valence-electron chi connectivity index (χ0n) is 15.9. The highest BCUT2D eigenvalue weighted by Crippen LogP contribution is 2.42. The molecule has 2 unspecified atom stereocenters. The van der Waals surface area contributed by atoms with Crippen molar-refractivity contribution in [2.45, 2.75) is 51.1 Å². The van der Waals surface area contributed by atoms with Crippen molar-refractivity contribution in [1.29, 1.82) is 0 Å². The summed E-state index contributed by atoms with van der Waals surface area (Å²) < 4.78 is 25.5. The van der Waals surface area contributed by atoms with E-state index < -0.39 is 10.0 Å². The molecule has 1 heterocycles. The highest BCUT2D eigenvalue weighted by molar-refractivity contribution is 7.89. The van der Waals surface area contributed by atoms with Gasteiger partial charge in [0, 0.05) is 38.1 Å². The van der Waals surface area contributed by atoms with E-state index in [-0.39, 0.29) is 11.8 Å². The summed E-state index contributed by atoms with van der Waals surface area (Å²) in [7, 11) is -1.28. The number of rotatable bonds is 5. The van der Waals surface area contributed by atoms with Crippen LogP contribution in [0.4, 0.5) is 0 Å². The van der Waals surface area contributed by atoms with Crippen molar-refractivity contribution < 1.29 is 8.42 Å². The molecular weight excluding hydrogens is 348 g/mol. The average molecular weight is 379 g/mol. The number of hydrogen-bond acceptors (Lipinski definition) is 3. The lowest BCUT2D eigenvalue weighted by molar-refractivity contribution is 0.306. The molecule has 0 aromatic heterocycles. The van der Waals surface area contributed by atoms with Crippen molar-refractivity contribution in [3.63, 3.8) is 0 Å². The van der Waals surface area contributed by atoms with Crippen molar-refractivity contribution >= 4 is 16.0 Å². The number of aryl methyl sites for hydroxylation is 1. The SMILES string of the molecule is CCS(=O)(=O)N1CCC(NC(=NC)NC2CC2c2ccccc2C)CC1. The Hall–Kier alpha value is -1.60. The van der Waals surface area contributed by atoms with Crippen LogP contribution >= 0.6 is 0 Å². The summed E-state index contributed by atoms with van der Waals surface area (Å²) in [6.45, 7) is 5.03. The molecular formula is C19H30N4O2S. The van der Waals surface area contributed by atoms with Crippen LogP contribution in [0.5, 0.6) is 0 Å². The van der Waals surface area contributed by atoms with Gasteiger partial charge >= 0.3 is 0 Å². The first-order valence-electron chi connectivity index (χ1n) is 9.47. The zero-order chi connectivity index (χ0) is 18.7. The molecule has 2 fully saturated rings. The molecule has 1 saturated carbocycles. The summed E-state index contributed by atoms with van der Waals surface area (Å²) >= 11 is 0. The minimum Gasteiger partial charge on any atom is -0.354 e. The van der Waals surface area contributed by atoms with Gasteiger partial charge in [-0.3, -0.25) is 4.99 Å². The highest BCUT2D eigenvalue weighted by Gasteiger charge is 2.40. The molecule has 2 aliphatic rings. The second-order valence-electron chi connectivity index (χ2n) is 7.24. The van der Waals surface area contributed by atoms with Crippen molar-refractivity contribution in [3.05, 3.63) is 35.4 Å². The molecule has 1 aromatic carbocycles. The fourth-order valence-corrected chi connectivity index (χ4v) is 4.83. The molecule has 0 radical (unpaired) electrons. The van der Waals surface area contributed by atoms with E-state index in [2.05, 4.69) is 46.8 Å². The van der Waals surface area contributed by atoms with Crippen molar-refractivity contribution in [3.8, 4) is 0 Å². The number of nitrogens with one attached hydrogen (secondary N) is 2. The third kappa shape index (κ3) is 4.38. The summed E-state index contributed by atoms with van der Waals surface area (Å²) in [4.78, 5) is 4.36. The second kappa shape index (κ2) is 7.96. The van der Waals surface area contributed by atoms with Crippen molar-refractivity contribution in [2.24, 2.45) is 4.99 Å². The van der Waals surface area contributed by atoms with E-state index in [0.717, 1.165) is 25.2 Å². The Kier molecular flexibility index (Phi) is 5.87. The predicted molar refractivity (Wildman–Crippen MR) is 106 cm³/mol. The maximum atomic E-state index is 12.0. The van der Waals surface area contributed by atoms with Crippen LogP contribution in [0.1, 0.15) is 43.2 Å². The number of hydrogen-bond donors (Lipinski definition) is 2. The Morgan fingerprint density at radius 3 is 2.54 bits per heavy atom. The van der Waals surface area contributed by atoms with E-state index >= 15 is 0 Å². The maximum absolute atomic E-state index is 12.0. The van der Waals surface area contributed by atoms with Gasteiger partial charge in [0.25, 0.3) is 0 Å². The smallest absolute Gasteiger partial charge is 0.213 e. The first-order chi connectivity index (χ1) is 12.4. The van der Waals surface area contributed by atoms with Crippen LogP contribution < -0.4 is 10.6 Å². The van der Waals surface area contributed by atoms with E-state index in [1.807, 2.05) is 0 Å². The summed E-state index contributed by atoms with van der Waals surface area (Å²) in [5.74, 6) is 1.55. The lowest BCUT2D eigenvalue weighted by atomic mass is 10.0. The lowest BCUT2D eigenvalue weighted by Crippen LogP contribution is -2.50. The molecule has 0 spiro atoms. The van der Waals surface area contributed by atoms with Gasteiger partial charge in [-0.05, 0) is 44.2 Å². The van der Waals surface area contributed by atoms with E-state index in [4.69, 9.17) is 0 Å². The van der Waals surface area contributed by atoms with Gasteiger partial charge in [-0.25, -0.2) is 12.7 Å². The standard InChI is InChI=1S/C19H30N4O2S/c1-4-26(24,25)23-11-9-15(10-12-23)21-19(20-3)22-18-13-17(18)16-8-6-5-7-14(16)2/h5-8,15,17-18H,4,9-13H2,1-3H3,(H2,20,21,22). The zero-order valence-corrected chi connectivity index (χ0v) is 16.7. The van der Waals surface area contributed by atoms with Gasteiger partial charge in [-0.15, -0.1) is 0 Å². The Labute approximate surface area is 157 Å². The molecule has 1 saturated heterocycles. The quantitative estimate of drug-likeness (QED) is 0.606. The third-order valence-electron chi connectivity index (χ3n) is 5.48. The van der Waals surface area contributed by atoms with Crippen LogP contribution in [0.3, 0.4) is 0 Å². The summed E-state index contributed by atoms with van der Waals surface area (Å²) in [6.07, 6.45) is 2.75. The van der Waals surface area contributed by atoms with E-state index in [0.29, 0.717) is 25.0 Å². The molecule has 2 atom stereocenters. The van der Waals surface area contributed by atoms with Gasteiger partial charge in [-0.1, -0.05) is 24.3 Å². The Morgan fingerprint density at radius 2 is 1.92 bits per heavy atom. The maximum Gasteiger partial charge on any atom is 0.213 e. The van der Waals surface area contributed by atoms with Crippen LogP contribution in [0.2, 0.25) is 0 Å². The number of nitrogens with zero attached hydrogens (tertiary/aromatic N) is 2. The topological polar surface area (TPSA) is 73.8 Å². The molecule has 1 aromatic rings. The fraction of sp³-hybridized carbons (Fsp3) is 0.632. The molecule has 0 bridgehead atoms. The molecule has 7 heteroatoms. The van der Waals surface area contributed by atoms with E-state index in [9.17, 15) is 8.42 Å². The second-order valence-corrected chi connectivity index (χ2v) is 9.50. The monoisotopic (exact) mass is 378 g/mol. The largest absolute Gasteiger partial charge is 0.354 e. The molecule has 1 aliphatic carbocycles. The third-order valence-corrected chi connectivity index (χ3v) is 7.36. The van der Waals surface area contributed by atoms with Gasteiger partial charge in [0.2, 0.25) is 10.0 Å². The summed E-state index contributed by atoms with van der Waals surface area (Å²) in [5.41, 5.74) is 2.76. The van der Waals surface area contributed by atoms with Crippen molar-refractivity contribution in [2.75, 3.05) is 25.9 Å². The Balaban J connectivity index is 1.49. The summed E-state index contributed by atoms with van der Waals surface area (Å²) in [6, 6.07) is 9.23. The van der Waals surface area contributed by atoms with E-state index in [1.165, 1.54) is 11.1 Å². The number of sulfonamides is 1. The Bertz CT molecular complexity index is 755. The summed E-state index contributed by atoms with van der Waals surface area (Å²) in [5, 5.41) is 6.99. The normalized spacial score (nSPS) is 25.1. The van der Waals surface area contributed by atoms with Gasteiger partial charge in [0.05, 0.1) is 5.75 Å². The molecule has 6 nitrogen and oxygen atoms in total. The first-order valence-corrected chi connectivity index (χ1v) is 11.1. The predicted octanol–water partition coefficient (Wildman–Crippen LogP) is 1.83. The first kappa shape index (κ1) is 19.2. The van der Waals surface area contributed by atoms with Gasteiger partial charge in [-0.2, -0.15) is 0 Å². The number of aliphatic imine (C=N–C) groups is 1. The van der Waals surface area contributed by atoms with Crippen LogP contribution in [0.15, 0.2) is 29.3 Å². The average Bonchev–Trinajstić information content (AvgIpc) is 3.41. The minimum absolute atomic E-state index is 0.177. The molecule has 3 rings (SSSR count). The Morgan fingerprint density at radius 1 is 1.23 bits per heavy atom. The van der Waals surface area contributed by atoms with Gasteiger partial charge in [0.1, 0.15) is 0 Å². The molecule has 26 heavy (non-hydrogen) atoms. The number of piperidine rings is 1. The molecule has 2 N–H and O–H groups in total. The molecule has 0 amide bonds. The molecule has 144 valence electrons.